The molecule has 1 aliphatic heterocycles. The minimum atomic E-state index is -4.51. The van der Waals surface area contributed by atoms with Gasteiger partial charge in [-0.2, -0.15) is 13.2 Å². The normalized spacial score (nSPS) is 15.9. The summed E-state index contributed by atoms with van der Waals surface area (Å²) in [7, 11) is 0. The summed E-state index contributed by atoms with van der Waals surface area (Å²) >= 11 is 7.22. The van der Waals surface area contributed by atoms with Crippen molar-refractivity contribution in [3.8, 4) is 0 Å². The summed E-state index contributed by atoms with van der Waals surface area (Å²) in [6.45, 7) is 1.77. The van der Waals surface area contributed by atoms with Crippen molar-refractivity contribution in [1.82, 2.24) is 0 Å². The molecule has 2 amide bonds. The lowest BCUT2D eigenvalue weighted by Gasteiger charge is -2.24. The van der Waals surface area contributed by atoms with Crippen LogP contribution >= 0.6 is 22.9 Å². The van der Waals surface area contributed by atoms with Gasteiger partial charge < -0.3 is 10.6 Å². The lowest BCUT2D eigenvalue weighted by Crippen LogP contribution is -2.22. The smallest absolute Gasteiger partial charge is 0.321 e. The molecule has 4 nitrogen and oxygen atoms in total. The second-order valence-electron chi connectivity index (χ2n) is 7.19. The lowest BCUT2D eigenvalue weighted by molar-refractivity contribution is -0.137. The Morgan fingerprint density at radius 1 is 1.19 bits per heavy atom. The van der Waals surface area contributed by atoms with Crippen LogP contribution in [-0.4, -0.2) is 11.8 Å². The van der Waals surface area contributed by atoms with Crippen LogP contribution in [0.25, 0.3) is 0 Å². The molecule has 2 aromatic carbocycles. The summed E-state index contributed by atoms with van der Waals surface area (Å²) in [5.74, 6) is -0.979. The van der Waals surface area contributed by atoms with Crippen molar-refractivity contribution < 1.29 is 22.8 Å². The first-order valence-electron chi connectivity index (χ1n) is 9.30. The summed E-state index contributed by atoms with van der Waals surface area (Å²) in [5.41, 5.74) is 1.55. The third-order valence-electron chi connectivity index (χ3n) is 5.09. The topological polar surface area (TPSA) is 58.2 Å². The molecule has 160 valence electrons. The standard InChI is InChI=1S/C22H16ClF3N2O2S/c1-11-18-16(12-4-2-6-14(23)8-12)10-17(29)28-21(18)31-19(11)20(30)27-15-7-3-5-13(9-15)22(24,25)26/h2-9,16H,10H2,1H3,(H,27,30)(H,28,29). The molecule has 0 fully saturated rings. The molecule has 3 aromatic rings. The van der Waals surface area contributed by atoms with Gasteiger partial charge in [-0.15, -0.1) is 11.3 Å². The molecule has 0 aliphatic carbocycles. The van der Waals surface area contributed by atoms with Gasteiger partial charge in [0.2, 0.25) is 5.91 Å². The third kappa shape index (κ3) is 4.31. The molecule has 0 saturated carbocycles. The summed E-state index contributed by atoms with van der Waals surface area (Å²) in [4.78, 5) is 25.5. The highest BCUT2D eigenvalue weighted by molar-refractivity contribution is 7.18. The number of nitrogens with one attached hydrogen (secondary N) is 2. The van der Waals surface area contributed by atoms with Crippen molar-refractivity contribution in [1.29, 1.82) is 0 Å². The molecule has 0 bridgehead atoms. The number of anilines is 2. The van der Waals surface area contributed by atoms with Gasteiger partial charge >= 0.3 is 6.18 Å². The van der Waals surface area contributed by atoms with Crippen LogP contribution in [-0.2, 0) is 11.0 Å². The number of alkyl halides is 3. The van der Waals surface area contributed by atoms with Crippen molar-refractivity contribution in [3.63, 3.8) is 0 Å². The Hall–Kier alpha value is -2.84. The van der Waals surface area contributed by atoms with Gasteiger partial charge in [-0.25, -0.2) is 0 Å². The largest absolute Gasteiger partial charge is 0.416 e. The van der Waals surface area contributed by atoms with E-state index in [9.17, 15) is 22.8 Å². The fourth-order valence-corrected chi connectivity index (χ4v) is 5.07. The highest BCUT2D eigenvalue weighted by Crippen LogP contribution is 2.45. The third-order valence-corrected chi connectivity index (χ3v) is 6.55. The van der Waals surface area contributed by atoms with E-state index in [0.717, 1.165) is 34.6 Å². The fourth-order valence-electron chi connectivity index (χ4n) is 3.69. The predicted octanol–water partition coefficient (Wildman–Crippen LogP) is 6.46. The number of carbonyl (C=O) groups is 2. The van der Waals surface area contributed by atoms with Crippen molar-refractivity contribution in [3.05, 3.63) is 80.7 Å². The predicted molar refractivity (Wildman–Crippen MR) is 115 cm³/mol. The Bertz CT molecular complexity index is 1190. The minimum Gasteiger partial charge on any atom is -0.321 e. The second-order valence-corrected chi connectivity index (χ2v) is 8.65. The Morgan fingerprint density at radius 2 is 1.94 bits per heavy atom. The van der Waals surface area contributed by atoms with E-state index in [2.05, 4.69) is 10.6 Å². The number of rotatable bonds is 3. The quantitative estimate of drug-likeness (QED) is 0.467. The number of amides is 2. The van der Waals surface area contributed by atoms with E-state index in [-0.39, 0.29) is 23.9 Å². The van der Waals surface area contributed by atoms with E-state index in [1.54, 1.807) is 25.1 Å². The maximum Gasteiger partial charge on any atom is 0.416 e. The van der Waals surface area contributed by atoms with Crippen molar-refractivity contribution in [2.24, 2.45) is 0 Å². The molecule has 9 heteroatoms. The molecule has 0 spiro atoms. The zero-order valence-corrected chi connectivity index (χ0v) is 17.7. The van der Waals surface area contributed by atoms with Crippen LogP contribution in [0.1, 0.15) is 44.3 Å². The van der Waals surface area contributed by atoms with Gasteiger partial charge in [0.1, 0.15) is 0 Å². The van der Waals surface area contributed by atoms with Crippen LogP contribution in [0.15, 0.2) is 48.5 Å². The molecular formula is C22H16ClF3N2O2S. The molecule has 1 aliphatic rings. The Morgan fingerprint density at radius 3 is 2.65 bits per heavy atom. The fraction of sp³-hybridized carbons (Fsp3) is 0.182. The number of hydrogen-bond donors (Lipinski definition) is 2. The van der Waals surface area contributed by atoms with Crippen LogP contribution in [0, 0.1) is 6.92 Å². The number of hydrogen-bond acceptors (Lipinski definition) is 3. The Labute approximate surface area is 185 Å². The molecular weight excluding hydrogens is 449 g/mol. The molecule has 1 aromatic heterocycles. The zero-order chi connectivity index (χ0) is 22.3. The summed E-state index contributed by atoms with van der Waals surface area (Å²) in [6.07, 6.45) is -4.30. The van der Waals surface area contributed by atoms with Gasteiger partial charge in [-0.05, 0) is 53.9 Å². The highest BCUT2D eigenvalue weighted by Gasteiger charge is 2.33. The maximum atomic E-state index is 13.0. The summed E-state index contributed by atoms with van der Waals surface area (Å²) < 4.78 is 38.9. The van der Waals surface area contributed by atoms with E-state index < -0.39 is 17.6 Å². The van der Waals surface area contributed by atoms with Crippen LogP contribution < -0.4 is 10.6 Å². The van der Waals surface area contributed by atoms with Crippen LogP contribution in [0.3, 0.4) is 0 Å². The van der Waals surface area contributed by atoms with Gasteiger partial charge in [0, 0.05) is 23.0 Å². The van der Waals surface area contributed by atoms with Crippen molar-refractivity contribution in [2.75, 3.05) is 10.6 Å². The Balaban J connectivity index is 1.68. The van der Waals surface area contributed by atoms with E-state index in [1.807, 2.05) is 6.07 Å². The number of halogens is 4. The molecule has 0 radical (unpaired) electrons. The first-order chi connectivity index (χ1) is 14.6. The number of benzene rings is 2. The molecule has 1 unspecified atom stereocenters. The van der Waals surface area contributed by atoms with Crippen LogP contribution in [0.4, 0.5) is 23.9 Å². The van der Waals surface area contributed by atoms with Gasteiger partial charge in [0.15, 0.2) is 0 Å². The monoisotopic (exact) mass is 464 g/mol. The maximum absolute atomic E-state index is 13.0. The van der Waals surface area contributed by atoms with Gasteiger partial charge in [0.25, 0.3) is 5.91 Å². The number of thiophene rings is 1. The summed E-state index contributed by atoms with van der Waals surface area (Å²) in [6, 6.07) is 11.7. The highest BCUT2D eigenvalue weighted by atomic mass is 35.5. The number of fused-ring (bicyclic) bond motifs is 1. The average Bonchev–Trinajstić information content (AvgIpc) is 3.03. The molecule has 1 atom stereocenters. The summed E-state index contributed by atoms with van der Waals surface area (Å²) in [5, 5.41) is 6.44. The minimum absolute atomic E-state index is 0.0426. The Kier molecular flexibility index (Phi) is 5.53. The van der Waals surface area contributed by atoms with Gasteiger partial charge in [0.05, 0.1) is 15.4 Å². The first-order valence-corrected chi connectivity index (χ1v) is 10.5. The first kappa shape index (κ1) is 21.4. The number of carbonyl (C=O) groups excluding carboxylic acids is 2. The molecule has 2 heterocycles. The van der Waals surface area contributed by atoms with Crippen molar-refractivity contribution in [2.45, 2.75) is 25.4 Å². The van der Waals surface area contributed by atoms with Crippen LogP contribution in [0.5, 0.6) is 0 Å². The molecule has 0 saturated heterocycles. The molecule has 4 rings (SSSR count). The lowest BCUT2D eigenvalue weighted by atomic mass is 9.85. The van der Waals surface area contributed by atoms with Crippen molar-refractivity contribution >= 4 is 45.4 Å². The molecule has 31 heavy (non-hydrogen) atoms. The van der Waals surface area contributed by atoms with Gasteiger partial charge in [-0.1, -0.05) is 29.8 Å². The SMILES string of the molecule is Cc1c(C(=O)Nc2cccc(C(F)(F)F)c2)sc2c1C(c1cccc(Cl)c1)CC(=O)N2. The second kappa shape index (κ2) is 8.01. The molecule has 2 N–H and O–H groups in total. The van der Waals surface area contributed by atoms with Gasteiger partial charge in [-0.3, -0.25) is 9.59 Å². The van der Waals surface area contributed by atoms with E-state index in [1.165, 1.54) is 12.1 Å². The van der Waals surface area contributed by atoms with E-state index in [0.29, 0.717) is 20.5 Å². The van der Waals surface area contributed by atoms with E-state index >= 15 is 0 Å². The average molecular weight is 465 g/mol. The van der Waals surface area contributed by atoms with Crippen LogP contribution in [0.2, 0.25) is 5.02 Å². The van der Waals surface area contributed by atoms with E-state index in [4.69, 9.17) is 11.6 Å². The zero-order valence-electron chi connectivity index (χ0n) is 16.1.